The smallest absolute Gasteiger partial charge is 0.269 e. The van der Waals surface area contributed by atoms with Gasteiger partial charge < -0.3 is 4.74 Å². The first-order chi connectivity index (χ1) is 10.8. The van der Waals surface area contributed by atoms with Crippen molar-refractivity contribution in [2.24, 2.45) is 0 Å². The van der Waals surface area contributed by atoms with Crippen molar-refractivity contribution in [2.75, 3.05) is 11.4 Å². The van der Waals surface area contributed by atoms with Crippen molar-refractivity contribution in [2.45, 2.75) is 3.12 Å². The molecular weight excluding hydrogens is 492 g/mol. The van der Waals surface area contributed by atoms with Crippen LogP contribution >= 0.6 is 69.3 Å². The fourth-order valence-electron chi connectivity index (χ4n) is 1.80. The molecule has 8 heteroatoms. The van der Waals surface area contributed by atoms with Crippen molar-refractivity contribution in [3.8, 4) is 5.75 Å². The molecule has 2 aromatic carbocycles. The second-order valence-corrected chi connectivity index (χ2v) is 9.59. The van der Waals surface area contributed by atoms with Crippen molar-refractivity contribution in [1.29, 1.82) is 0 Å². The highest BCUT2D eigenvalue weighted by atomic mass is 127. The number of ether oxygens (including phenoxy) is 1. The summed E-state index contributed by atoms with van der Waals surface area (Å²) >= 11 is 20.6. The number of halogens is 4. The van der Waals surface area contributed by atoms with Crippen LogP contribution in [-0.2, 0) is 0 Å². The predicted octanol–water partition coefficient (Wildman–Crippen LogP) is 5.92. The summed E-state index contributed by atoms with van der Waals surface area (Å²) in [6.07, 6.45) is 0. The second kappa shape index (κ2) is 8.16. The minimum atomic E-state index is -1.68. The Morgan fingerprint density at radius 3 is 2.48 bits per heavy atom. The minimum absolute atomic E-state index is 0.278. The lowest BCUT2D eigenvalue weighted by Crippen LogP contribution is -2.27. The quantitative estimate of drug-likeness (QED) is 0.295. The molecule has 0 atom stereocenters. The highest BCUT2D eigenvalue weighted by molar-refractivity contribution is 14.1. The van der Waals surface area contributed by atoms with Gasteiger partial charge in [-0.25, -0.2) is 4.31 Å². The van der Waals surface area contributed by atoms with Crippen LogP contribution in [0.3, 0.4) is 0 Å². The van der Waals surface area contributed by atoms with Crippen molar-refractivity contribution >= 4 is 80.9 Å². The summed E-state index contributed by atoms with van der Waals surface area (Å²) in [6, 6.07) is 14.2. The number of carbonyl (C=O) groups is 1. The monoisotopic (exact) mass is 501 g/mol. The first-order valence-corrected chi connectivity index (χ1v) is 9.29. The predicted molar refractivity (Wildman–Crippen MR) is 107 cm³/mol. The number of carbonyl (C=O) groups excluding carboxylic acids is 1. The number of nitrogens with zero attached hydrogens (tertiary/aromatic N) is 1. The third kappa shape index (κ3) is 5.32. The van der Waals surface area contributed by atoms with E-state index in [0.717, 1.165) is 15.5 Å². The van der Waals surface area contributed by atoms with E-state index in [1.165, 1.54) is 4.31 Å². The molecule has 23 heavy (non-hydrogen) atoms. The number of alkyl halides is 3. The zero-order chi connectivity index (χ0) is 17.0. The summed E-state index contributed by atoms with van der Waals surface area (Å²) < 4.78 is 5.68. The molecule has 0 spiro atoms. The van der Waals surface area contributed by atoms with Crippen molar-refractivity contribution in [1.82, 2.24) is 0 Å². The van der Waals surface area contributed by atoms with E-state index in [9.17, 15) is 4.79 Å². The summed E-state index contributed by atoms with van der Waals surface area (Å²) in [5.41, 5.74) is 1.09. The average Bonchev–Trinajstić information content (AvgIpc) is 2.51. The molecule has 0 bridgehead atoms. The molecule has 0 aliphatic heterocycles. The Bertz CT molecular complexity index is 709. The Labute approximate surface area is 167 Å². The molecule has 1 amide bonds. The average molecular weight is 503 g/mol. The highest BCUT2D eigenvalue weighted by Gasteiger charge is 2.31. The van der Waals surface area contributed by atoms with Crippen LogP contribution in [0.4, 0.5) is 5.69 Å². The fourth-order valence-corrected chi connectivity index (χ4v) is 3.64. The SMILES string of the molecule is COc1cccc(N(SC(Cl)(Cl)Cl)C(=O)c2ccccc2I)c1. The maximum absolute atomic E-state index is 12.9. The summed E-state index contributed by atoms with van der Waals surface area (Å²) in [5.74, 6) is 0.326. The van der Waals surface area contributed by atoms with E-state index in [1.807, 2.05) is 12.1 Å². The van der Waals surface area contributed by atoms with E-state index in [2.05, 4.69) is 22.6 Å². The lowest BCUT2D eigenvalue weighted by molar-refractivity contribution is 0.101. The molecule has 0 N–H and O–H groups in total. The van der Waals surface area contributed by atoms with E-state index in [0.29, 0.717) is 17.0 Å². The molecule has 3 nitrogen and oxygen atoms in total. The molecule has 0 aliphatic carbocycles. The number of hydrogen-bond donors (Lipinski definition) is 0. The molecule has 0 saturated heterocycles. The molecule has 0 aromatic heterocycles. The molecule has 0 saturated carbocycles. The van der Waals surface area contributed by atoms with Gasteiger partial charge in [-0.3, -0.25) is 4.79 Å². The standard InChI is InChI=1S/C15H11Cl3INO2S/c1-22-11-6-4-5-10(9-11)20(23-15(16,17)18)14(21)12-7-2-3-8-13(12)19/h2-9H,1H3. The van der Waals surface area contributed by atoms with Crippen molar-refractivity contribution < 1.29 is 9.53 Å². The molecule has 122 valence electrons. The third-order valence-electron chi connectivity index (χ3n) is 2.77. The number of anilines is 1. The van der Waals surface area contributed by atoms with Gasteiger partial charge in [0.1, 0.15) is 5.75 Å². The zero-order valence-corrected chi connectivity index (χ0v) is 17.0. The first kappa shape index (κ1) is 19.0. The summed E-state index contributed by atoms with van der Waals surface area (Å²) in [6.45, 7) is 0. The summed E-state index contributed by atoms with van der Waals surface area (Å²) in [4.78, 5) is 12.9. The van der Waals surface area contributed by atoms with Gasteiger partial charge in [-0.1, -0.05) is 53.0 Å². The molecule has 0 unspecified atom stereocenters. The first-order valence-electron chi connectivity index (χ1n) is 6.31. The lowest BCUT2D eigenvalue weighted by atomic mass is 10.2. The normalized spacial score (nSPS) is 11.2. The number of hydrogen-bond acceptors (Lipinski definition) is 3. The topological polar surface area (TPSA) is 29.5 Å². The van der Waals surface area contributed by atoms with E-state index in [4.69, 9.17) is 39.5 Å². The Morgan fingerprint density at radius 1 is 1.17 bits per heavy atom. The van der Waals surface area contributed by atoms with E-state index < -0.39 is 3.12 Å². The molecule has 0 aliphatic rings. The van der Waals surface area contributed by atoms with Gasteiger partial charge >= 0.3 is 0 Å². The van der Waals surface area contributed by atoms with Gasteiger partial charge in [-0.05, 0) is 46.9 Å². The summed E-state index contributed by atoms with van der Waals surface area (Å²) in [5, 5.41) is 0. The molecule has 2 rings (SSSR count). The minimum Gasteiger partial charge on any atom is -0.497 e. The van der Waals surface area contributed by atoms with E-state index in [1.54, 1.807) is 43.5 Å². The van der Waals surface area contributed by atoms with Crippen LogP contribution in [0, 0.1) is 3.57 Å². The van der Waals surface area contributed by atoms with Crippen LogP contribution in [0.15, 0.2) is 48.5 Å². The Kier molecular flexibility index (Phi) is 6.74. The van der Waals surface area contributed by atoms with Crippen molar-refractivity contribution in [3.05, 3.63) is 57.7 Å². The Morgan fingerprint density at radius 2 is 1.87 bits per heavy atom. The third-order valence-corrected chi connectivity index (χ3v) is 5.10. The van der Waals surface area contributed by atoms with Gasteiger partial charge in [0.15, 0.2) is 0 Å². The van der Waals surface area contributed by atoms with Crippen LogP contribution in [0.2, 0.25) is 0 Å². The van der Waals surface area contributed by atoms with Gasteiger partial charge in [0, 0.05) is 21.6 Å². The number of rotatable bonds is 4. The number of amides is 1. The van der Waals surface area contributed by atoms with Gasteiger partial charge in [-0.15, -0.1) is 0 Å². The fraction of sp³-hybridized carbons (Fsp3) is 0.133. The van der Waals surface area contributed by atoms with Crippen molar-refractivity contribution in [3.63, 3.8) is 0 Å². The van der Waals surface area contributed by atoms with Crippen LogP contribution in [0.5, 0.6) is 5.75 Å². The van der Waals surface area contributed by atoms with Crippen LogP contribution in [0.25, 0.3) is 0 Å². The zero-order valence-electron chi connectivity index (χ0n) is 11.8. The van der Waals surface area contributed by atoms with Crippen LogP contribution in [-0.4, -0.2) is 16.1 Å². The summed E-state index contributed by atoms with van der Waals surface area (Å²) in [7, 11) is 1.55. The van der Waals surface area contributed by atoms with Gasteiger partial charge in [0.2, 0.25) is 0 Å². The largest absolute Gasteiger partial charge is 0.497 e. The Hall–Kier alpha value is -0.340. The highest BCUT2D eigenvalue weighted by Crippen LogP contribution is 2.44. The number of benzene rings is 2. The number of methoxy groups -OCH3 is 1. The van der Waals surface area contributed by atoms with Crippen LogP contribution in [0.1, 0.15) is 10.4 Å². The Balaban J connectivity index is 2.45. The van der Waals surface area contributed by atoms with E-state index in [-0.39, 0.29) is 5.91 Å². The van der Waals surface area contributed by atoms with Gasteiger partial charge in [0.05, 0.1) is 18.4 Å². The molecule has 0 fully saturated rings. The maximum Gasteiger partial charge on any atom is 0.269 e. The lowest BCUT2D eigenvalue weighted by Gasteiger charge is -2.25. The van der Waals surface area contributed by atoms with E-state index >= 15 is 0 Å². The second-order valence-electron chi connectivity index (χ2n) is 4.32. The molecule has 0 heterocycles. The maximum atomic E-state index is 12.9. The van der Waals surface area contributed by atoms with Gasteiger partial charge in [0.25, 0.3) is 9.03 Å². The molecular formula is C15H11Cl3INO2S. The molecule has 0 radical (unpaired) electrons. The molecule has 2 aromatic rings. The van der Waals surface area contributed by atoms with Crippen LogP contribution < -0.4 is 9.04 Å². The van der Waals surface area contributed by atoms with Gasteiger partial charge in [-0.2, -0.15) is 0 Å².